The number of carboxylic acid groups (broad SMARTS) is 1. The number of hydrogen-bond acceptors (Lipinski definition) is 2. The van der Waals surface area contributed by atoms with Crippen molar-refractivity contribution in [2.75, 3.05) is 13.6 Å². The summed E-state index contributed by atoms with van der Waals surface area (Å²) in [4.78, 5) is 26.4. The molecule has 0 atom stereocenters. The molecule has 1 aromatic rings. The number of aryl methyl sites for hydroxylation is 1. The van der Waals surface area contributed by atoms with Crippen LogP contribution in [0.3, 0.4) is 0 Å². The van der Waals surface area contributed by atoms with Crippen molar-refractivity contribution in [2.45, 2.75) is 39.8 Å². The van der Waals surface area contributed by atoms with E-state index < -0.39 is 5.97 Å². The third-order valence-corrected chi connectivity index (χ3v) is 3.43. The summed E-state index contributed by atoms with van der Waals surface area (Å²) in [5, 5.41) is 8.78. The summed E-state index contributed by atoms with van der Waals surface area (Å²) in [6, 6.07) is 7.75. The molecule has 0 aliphatic heterocycles. The van der Waals surface area contributed by atoms with Gasteiger partial charge in [-0.25, -0.2) is 4.79 Å². The summed E-state index contributed by atoms with van der Waals surface area (Å²) < 4.78 is 0. The molecule has 0 bridgehead atoms. The molecule has 0 aromatic heterocycles. The second-order valence-electron chi connectivity index (χ2n) is 5.50. The Morgan fingerprint density at radius 3 is 2.38 bits per heavy atom. The third kappa shape index (κ3) is 5.10. The summed E-state index contributed by atoms with van der Waals surface area (Å²) in [6.07, 6.45) is -0.0396. The van der Waals surface area contributed by atoms with E-state index in [-0.39, 0.29) is 25.0 Å². The van der Waals surface area contributed by atoms with Crippen molar-refractivity contribution in [2.24, 2.45) is 0 Å². The van der Waals surface area contributed by atoms with Crippen molar-refractivity contribution in [1.29, 1.82) is 0 Å². The fraction of sp³-hybridized carbons (Fsp3) is 0.500. The van der Waals surface area contributed by atoms with E-state index in [2.05, 4.69) is 0 Å². The monoisotopic (exact) mass is 292 g/mol. The lowest BCUT2D eigenvalue weighted by atomic mass is 10.1. The van der Waals surface area contributed by atoms with Gasteiger partial charge in [-0.05, 0) is 31.9 Å². The molecule has 0 aliphatic rings. The molecule has 0 radical (unpaired) electrons. The van der Waals surface area contributed by atoms with Gasteiger partial charge in [0.1, 0.15) is 0 Å². The Hall–Kier alpha value is -2.04. The summed E-state index contributed by atoms with van der Waals surface area (Å²) in [7, 11) is 1.74. The highest BCUT2D eigenvalue weighted by Crippen LogP contribution is 2.12. The fourth-order valence-corrected chi connectivity index (χ4v) is 2.12. The van der Waals surface area contributed by atoms with Crippen molar-refractivity contribution in [3.63, 3.8) is 0 Å². The van der Waals surface area contributed by atoms with Crippen molar-refractivity contribution in [1.82, 2.24) is 9.80 Å². The van der Waals surface area contributed by atoms with E-state index in [9.17, 15) is 9.59 Å². The Morgan fingerprint density at radius 1 is 1.24 bits per heavy atom. The predicted octanol–water partition coefficient (Wildman–Crippen LogP) is 2.73. The largest absolute Gasteiger partial charge is 0.481 e. The third-order valence-electron chi connectivity index (χ3n) is 3.43. The molecule has 0 saturated carbocycles. The number of rotatable bonds is 6. The number of amides is 2. The van der Waals surface area contributed by atoms with Crippen LogP contribution < -0.4 is 0 Å². The van der Waals surface area contributed by atoms with Gasteiger partial charge < -0.3 is 14.9 Å². The first-order valence-corrected chi connectivity index (χ1v) is 7.11. The van der Waals surface area contributed by atoms with Crippen LogP contribution in [0.15, 0.2) is 24.3 Å². The van der Waals surface area contributed by atoms with Gasteiger partial charge in [-0.2, -0.15) is 0 Å². The molecule has 21 heavy (non-hydrogen) atoms. The molecule has 5 heteroatoms. The number of nitrogens with zero attached hydrogens (tertiary/aromatic N) is 2. The zero-order valence-electron chi connectivity index (χ0n) is 13.2. The second-order valence-corrected chi connectivity index (χ2v) is 5.50. The molecule has 2 amide bonds. The van der Waals surface area contributed by atoms with Crippen LogP contribution in [-0.2, 0) is 11.3 Å². The molecule has 5 nitrogen and oxygen atoms in total. The maximum absolute atomic E-state index is 12.5. The molecule has 0 unspecified atom stereocenters. The number of carboxylic acids is 1. The average Bonchev–Trinajstić information content (AvgIpc) is 2.40. The van der Waals surface area contributed by atoms with E-state index in [1.165, 1.54) is 0 Å². The first-order valence-electron chi connectivity index (χ1n) is 7.11. The quantitative estimate of drug-likeness (QED) is 0.877. The Kier molecular flexibility index (Phi) is 6.21. The van der Waals surface area contributed by atoms with E-state index in [1.54, 1.807) is 16.8 Å². The van der Waals surface area contributed by atoms with Crippen LogP contribution in [0.4, 0.5) is 4.79 Å². The minimum absolute atomic E-state index is 0.0313. The minimum Gasteiger partial charge on any atom is -0.481 e. The molecule has 116 valence electrons. The summed E-state index contributed by atoms with van der Waals surface area (Å²) in [5.74, 6) is -0.894. The van der Waals surface area contributed by atoms with Gasteiger partial charge in [-0.15, -0.1) is 0 Å². The molecule has 0 spiro atoms. The number of hydrogen-bond donors (Lipinski definition) is 1. The second kappa shape index (κ2) is 7.67. The minimum atomic E-state index is -0.894. The Morgan fingerprint density at radius 2 is 1.86 bits per heavy atom. The number of carbonyl (C=O) groups excluding carboxylic acids is 1. The lowest BCUT2D eigenvalue weighted by Gasteiger charge is -2.31. The molecule has 1 N–H and O–H groups in total. The predicted molar refractivity (Wildman–Crippen MR) is 82.1 cm³/mol. The maximum atomic E-state index is 12.5. The standard InChI is InChI=1S/C16H24N2O3/c1-12(2)18(10-9-15(19)20)16(21)17(4)11-14-8-6-5-7-13(14)3/h5-8,12H,9-11H2,1-4H3,(H,19,20). The van der Waals surface area contributed by atoms with Crippen LogP contribution in [-0.4, -0.2) is 46.5 Å². The van der Waals surface area contributed by atoms with Gasteiger partial charge in [0.2, 0.25) is 0 Å². The van der Waals surface area contributed by atoms with Gasteiger partial charge in [0.25, 0.3) is 0 Å². The van der Waals surface area contributed by atoms with Crippen molar-refractivity contribution in [3.05, 3.63) is 35.4 Å². The molecule has 0 heterocycles. The van der Waals surface area contributed by atoms with E-state index in [0.29, 0.717) is 6.54 Å². The van der Waals surface area contributed by atoms with Gasteiger partial charge in [-0.1, -0.05) is 24.3 Å². The first-order chi connectivity index (χ1) is 9.82. The average molecular weight is 292 g/mol. The van der Waals surface area contributed by atoms with E-state index in [0.717, 1.165) is 11.1 Å². The van der Waals surface area contributed by atoms with E-state index in [1.807, 2.05) is 45.0 Å². The summed E-state index contributed by atoms with van der Waals surface area (Å²) >= 11 is 0. The molecular weight excluding hydrogens is 268 g/mol. The van der Waals surface area contributed by atoms with Crippen LogP contribution in [0.2, 0.25) is 0 Å². The van der Waals surface area contributed by atoms with Crippen LogP contribution in [0, 0.1) is 6.92 Å². The summed E-state index contributed by atoms with van der Waals surface area (Å²) in [5.41, 5.74) is 2.23. The number of aliphatic carboxylic acids is 1. The van der Waals surface area contributed by atoms with Gasteiger partial charge in [0, 0.05) is 26.2 Å². The fourth-order valence-electron chi connectivity index (χ4n) is 2.12. The topological polar surface area (TPSA) is 60.9 Å². The molecule has 1 rings (SSSR count). The molecule has 1 aromatic carbocycles. The van der Waals surface area contributed by atoms with Crippen LogP contribution >= 0.6 is 0 Å². The van der Waals surface area contributed by atoms with Gasteiger partial charge in [-0.3, -0.25) is 4.79 Å². The molecular formula is C16H24N2O3. The van der Waals surface area contributed by atoms with Crippen molar-refractivity contribution >= 4 is 12.0 Å². The Labute approximate surface area is 126 Å². The maximum Gasteiger partial charge on any atom is 0.320 e. The molecule has 0 saturated heterocycles. The lowest BCUT2D eigenvalue weighted by Crippen LogP contribution is -2.45. The van der Waals surface area contributed by atoms with Gasteiger partial charge in [0.05, 0.1) is 6.42 Å². The van der Waals surface area contributed by atoms with Gasteiger partial charge >= 0.3 is 12.0 Å². The van der Waals surface area contributed by atoms with E-state index >= 15 is 0 Å². The highest BCUT2D eigenvalue weighted by Gasteiger charge is 2.21. The van der Waals surface area contributed by atoms with Crippen molar-refractivity contribution in [3.8, 4) is 0 Å². The Bertz CT molecular complexity index is 500. The highest BCUT2D eigenvalue weighted by atomic mass is 16.4. The Balaban J connectivity index is 2.74. The van der Waals surface area contributed by atoms with Crippen molar-refractivity contribution < 1.29 is 14.7 Å². The van der Waals surface area contributed by atoms with Crippen LogP contribution in [0.25, 0.3) is 0 Å². The summed E-state index contributed by atoms with van der Waals surface area (Å²) in [6.45, 7) is 6.53. The zero-order valence-corrected chi connectivity index (χ0v) is 13.2. The normalized spacial score (nSPS) is 10.5. The molecule has 0 aliphatic carbocycles. The smallest absolute Gasteiger partial charge is 0.320 e. The van der Waals surface area contributed by atoms with Gasteiger partial charge in [0.15, 0.2) is 0 Å². The number of carbonyl (C=O) groups is 2. The lowest BCUT2D eigenvalue weighted by molar-refractivity contribution is -0.137. The number of benzene rings is 1. The number of urea groups is 1. The first kappa shape index (κ1) is 17.0. The zero-order chi connectivity index (χ0) is 16.0. The van der Waals surface area contributed by atoms with Crippen LogP contribution in [0.5, 0.6) is 0 Å². The highest BCUT2D eigenvalue weighted by molar-refractivity contribution is 5.75. The van der Waals surface area contributed by atoms with Crippen LogP contribution in [0.1, 0.15) is 31.4 Å². The molecule has 0 fully saturated rings. The van der Waals surface area contributed by atoms with E-state index in [4.69, 9.17) is 5.11 Å². The SMILES string of the molecule is Cc1ccccc1CN(C)C(=O)N(CCC(=O)O)C(C)C.